The fourth-order valence-corrected chi connectivity index (χ4v) is 0.394. The van der Waals surface area contributed by atoms with Crippen molar-refractivity contribution in [1.29, 1.82) is 0 Å². The number of hydrazone groups is 1. The van der Waals surface area contributed by atoms with Crippen molar-refractivity contribution >= 4 is 5.71 Å². The number of aliphatic hydroxyl groups excluding tert-OH is 1. The molecule has 3 nitrogen and oxygen atoms in total. The van der Waals surface area contributed by atoms with E-state index in [1.54, 1.807) is 19.1 Å². The quantitative estimate of drug-likeness (QED) is 0.431. The van der Waals surface area contributed by atoms with Gasteiger partial charge in [0.05, 0.1) is 12.3 Å². The van der Waals surface area contributed by atoms with Crippen LogP contribution in [0.3, 0.4) is 0 Å². The summed E-state index contributed by atoms with van der Waals surface area (Å²) >= 11 is 0. The smallest absolute Gasteiger partial charge is 0.0870 e. The molecule has 0 unspecified atom stereocenters. The molecule has 0 spiro atoms. The molecular formula is C6H12N2O. The van der Waals surface area contributed by atoms with Crippen molar-refractivity contribution in [3.63, 3.8) is 0 Å². The average Bonchev–Trinajstić information content (AvgIpc) is 1.82. The Bertz CT molecular complexity index is 118. The maximum Gasteiger partial charge on any atom is 0.0870 e. The fraction of sp³-hybridized carbons (Fsp3) is 0.500. The maximum atomic E-state index is 8.55. The zero-order chi connectivity index (χ0) is 7.28. The van der Waals surface area contributed by atoms with E-state index in [2.05, 4.69) is 11.7 Å². The van der Waals surface area contributed by atoms with Gasteiger partial charge in [-0.1, -0.05) is 6.58 Å². The predicted molar refractivity (Wildman–Crippen MR) is 38.4 cm³/mol. The Labute approximate surface area is 55.3 Å². The van der Waals surface area contributed by atoms with Crippen molar-refractivity contribution in [2.24, 2.45) is 5.10 Å². The molecule has 0 rings (SSSR count). The molecule has 0 aromatic carbocycles. The molecule has 0 saturated heterocycles. The minimum absolute atomic E-state index is 0.0539. The van der Waals surface area contributed by atoms with Crippen molar-refractivity contribution in [1.82, 2.24) is 5.01 Å². The fourth-order valence-electron chi connectivity index (χ4n) is 0.394. The Balaban J connectivity index is 3.90. The lowest BCUT2D eigenvalue weighted by molar-refractivity contribution is 0.350. The number of nitrogens with zero attached hydrogens (tertiary/aromatic N) is 2. The van der Waals surface area contributed by atoms with Crippen molar-refractivity contribution in [3.05, 3.63) is 12.7 Å². The molecular weight excluding hydrogens is 116 g/mol. The first-order valence-corrected chi connectivity index (χ1v) is 2.68. The highest BCUT2D eigenvalue weighted by molar-refractivity contribution is 5.95. The van der Waals surface area contributed by atoms with Crippen LogP contribution in [0.25, 0.3) is 0 Å². The Morgan fingerprint density at radius 1 is 1.78 bits per heavy atom. The van der Waals surface area contributed by atoms with Crippen LogP contribution in [-0.2, 0) is 0 Å². The summed E-state index contributed by atoms with van der Waals surface area (Å²) < 4.78 is 0. The highest BCUT2D eigenvalue weighted by Crippen LogP contribution is 1.81. The van der Waals surface area contributed by atoms with Crippen LogP contribution >= 0.6 is 0 Å². The second kappa shape index (κ2) is 4.09. The van der Waals surface area contributed by atoms with Gasteiger partial charge in [0.2, 0.25) is 0 Å². The zero-order valence-corrected chi connectivity index (χ0v) is 5.83. The van der Waals surface area contributed by atoms with Gasteiger partial charge in [-0.05, 0) is 6.08 Å². The van der Waals surface area contributed by atoms with Crippen LogP contribution < -0.4 is 0 Å². The van der Waals surface area contributed by atoms with Gasteiger partial charge in [0, 0.05) is 14.1 Å². The largest absolute Gasteiger partial charge is 0.390 e. The molecule has 0 fully saturated rings. The van der Waals surface area contributed by atoms with Crippen LogP contribution in [0.2, 0.25) is 0 Å². The summed E-state index contributed by atoms with van der Waals surface area (Å²) in [7, 11) is 3.58. The van der Waals surface area contributed by atoms with Crippen molar-refractivity contribution < 1.29 is 5.11 Å². The Hall–Kier alpha value is -0.830. The van der Waals surface area contributed by atoms with E-state index in [4.69, 9.17) is 5.11 Å². The second-order valence-corrected chi connectivity index (χ2v) is 1.80. The highest BCUT2D eigenvalue weighted by atomic mass is 16.3. The van der Waals surface area contributed by atoms with Gasteiger partial charge in [0.1, 0.15) is 0 Å². The summed E-state index contributed by atoms with van der Waals surface area (Å²) in [6.45, 7) is 3.41. The van der Waals surface area contributed by atoms with Crippen LogP contribution in [0.15, 0.2) is 17.8 Å². The van der Waals surface area contributed by atoms with Gasteiger partial charge in [0.25, 0.3) is 0 Å². The van der Waals surface area contributed by atoms with E-state index in [9.17, 15) is 0 Å². The number of rotatable bonds is 3. The number of hydrogen-bond donors (Lipinski definition) is 1. The van der Waals surface area contributed by atoms with E-state index in [1.807, 2.05) is 0 Å². The Morgan fingerprint density at radius 3 is 2.44 bits per heavy atom. The lowest BCUT2D eigenvalue weighted by Gasteiger charge is -2.04. The van der Waals surface area contributed by atoms with Gasteiger partial charge in [-0.3, -0.25) is 0 Å². The third kappa shape index (κ3) is 3.73. The monoisotopic (exact) mass is 128 g/mol. The van der Waals surface area contributed by atoms with Crippen molar-refractivity contribution in [2.75, 3.05) is 20.7 Å². The second-order valence-electron chi connectivity index (χ2n) is 1.80. The minimum atomic E-state index is -0.0539. The SMILES string of the molecule is C=CC(CO)=NN(C)C. The molecule has 0 aromatic heterocycles. The topological polar surface area (TPSA) is 35.8 Å². The Kier molecular flexibility index (Phi) is 3.71. The summed E-state index contributed by atoms with van der Waals surface area (Å²) in [6.07, 6.45) is 1.53. The van der Waals surface area contributed by atoms with E-state index in [0.29, 0.717) is 5.71 Å². The molecule has 0 saturated carbocycles. The molecule has 0 aliphatic heterocycles. The summed E-state index contributed by atoms with van der Waals surface area (Å²) in [6, 6.07) is 0. The van der Waals surface area contributed by atoms with Gasteiger partial charge in [0.15, 0.2) is 0 Å². The molecule has 52 valence electrons. The maximum absolute atomic E-state index is 8.55. The first kappa shape index (κ1) is 8.17. The molecule has 9 heavy (non-hydrogen) atoms. The first-order valence-electron chi connectivity index (χ1n) is 2.68. The minimum Gasteiger partial charge on any atom is -0.390 e. The molecule has 0 aliphatic rings. The van der Waals surface area contributed by atoms with E-state index in [0.717, 1.165) is 0 Å². The molecule has 0 radical (unpaired) electrons. The van der Waals surface area contributed by atoms with Crippen LogP contribution in [0.1, 0.15) is 0 Å². The standard InChI is InChI=1S/C6H12N2O/c1-4-6(5-9)7-8(2)3/h4,9H,1,5H2,2-3H3. The third-order valence-electron chi connectivity index (χ3n) is 0.726. The summed E-state index contributed by atoms with van der Waals surface area (Å²) in [4.78, 5) is 0. The van der Waals surface area contributed by atoms with E-state index >= 15 is 0 Å². The summed E-state index contributed by atoms with van der Waals surface area (Å²) in [5.74, 6) is 0. The van der Waals surface area contributed by atoms with Gasteiger partial charge in [-0.25, -0.2) is 0 Å². The Morgan fingerprint density at radius 2 is 2.33 bits per heavy atom. The van der Waals surface area contributed by atoms with Crippen LogP contribution in [0.4, 0.5) is 0 Å². The van der Waals surface area contributed by atoms with Gasteiger partial charge < -0.3 is 10.1 Å². The first-order chi connectivity index (χ1) is 4.20. The van der Waals surface area contributed by atoms with Crippen molar-refractivity contribution in [2.45, 2.75) is 0 Å². The molecule has 0 heterocycles. The predicted octanol–water partition coefficient (Wildman–Crippen LogP) is 0.0823. The molecule has 0 amide bonds. The molecule has 0 aliphatic carbocycles. The van der Waals surface area contributed by atoms with Crippen LogP contribution in [-0.4, -0.2) is 36.5 Å². The summed E-state index contributed by atoms with van der Waals surface area (Å²) in [5, 5.41) is 14.1. The third-order valence-corrected chi connectivity index (χ3v) is 0.726. The van der Waals surface area contributed by atoms with E-state index in [-0.39, 0.29) is 6.61 Å². The lowest BCUT2D eigenvalue weighted by Crippen LogP contribution is -2.09. The lowest BCUT2D eigenvalue weighted by atomic mass is 10.4. The van der Waals surface area contributed by atoms with Crippen LogP contribution in [0.5, 0.6) is 0 Å². The van der Waals surface area contributed by atoms with Crippen LogP contribution in [0, 0.1) is 0 Å². The van der Waals surface area contributed by atoms with E-state index in [1.165, 1.54) is 6.08 Å². The van der Waals surface area contributed by atoms with E-state index < -0.39 is 0 Å². The summed E-state index contributed by atoms with van der Waals surface area (Å²) in [5.41, 5.74) is 0.583. The van der Waals surface area contributed by atoms with Gasteiger partial charge in [-0.15, -0.1) is 0 Å². The molecule has 0 bridgehead atoms. The number of hydrogen-bond acceptors (Lipinski definition) is 3. The van der Waals surface area contributed by atoms with Gasteiger partial charge >= 0.3 is 0 Å². The molecule has 0 atom stereocenters. The molecule has 0 aromatic rings. The highest BCUT2D eigenvalue weighted by Gasteiger charge is 1.88. The average molecular weight is 128 g/mol. The zero-order valence-electron chi connectivity index (χ0n) is 5.83. The molecule has 1 N–H and O–H groups in total. The molecule has 3 heteroatoms. The normalized spacial score (nSPS) is 11.2. The van der Waals surface area contributed by atoms with Crippen molar-refractivity contribution in [3.8, 4) is 0 Å². The number of aliphatic hydroxyl groups is 1. The van der Waals surface area contributed by atoms with Gasteiger partial charge in [-0.2, -0.15) is 5.10 Å².